The molecule has 4 rings (SSSR count). The lowest BCUT2D eigenvalue weighted by Crippen LogP contribution is -2.42. The number of amides is 1. The molecule has 31 heavy (non-hydrogen) atoms. The first kappa shape index (κ1) is 20.1. The van der Waals surface area contributed by atoms with Gasteiger partial charge in [0, 0.05) is 39.2 Å². The van der Waals surface area contributed by atoms with Crippen molar-refractivity contribution in [2.45, 2.75) is 13.2 Å². The van der Waals surface area contributed by atoms with E-state index in [0.717, 1.165) is 10.4 Å². The Labute approximate surface area is 176 Å². The van der Waals surface area contributed by atoms with Gasteiger partial charge in [-0.1, -0.05) is 0 Å². The van der Waals surface area contributed by atoms with E-state index in [-0.39, 0.29) is 11.2 Å². The van der Waals surface area contributed by atoms with Crippen LogP contribution in [0.4, 0.5) is 5.69 Å². The van der Waals surface area contributed by atoms with Crippen molar-refractivity contribution in [3.63, 3.8) is 0 Å². The molecule has 11 heteroatoms. The van der Waals surface area contributed by atoms with Gasteiger partial charge in [0.15, 0.2) is 11.2 Å². The molecule has 0 atom stereocenters. The van der Waals surface area contributed by atoms with E-state index in [2.05, 4.69) is 15.3 Å². The number of hydrogen-bond acceptors (Lipinski definition) is 6. The third kappa shape index (κ3) is 3.84. The first-order chi connectivity index (χ1) is 14.8. The minimum absolute atomic E-state index is 0.254. The van der Waals surface area contributed by atoms with Gasteiger partial charge in [-0.25, -0.2) is 19.3 Å². The zero-order chi connectivity index (χ0) is 22.1. The SMILES string of the molecule is Cn1ccnc1COc1ccc(NC(=O)Cn2c(=O)c3c(ncn3C)n(C)c2=O)cc1. The molecule has 160 valence electrons. The first-order valence-electron chi connectivity index (χ1n) is 9.45. The van der Waals surface area contributed by atoms with E-state index in [4.69, 9.17) is 4.74 Å². The second kappa shape index (κ2) is 7.94. The monoisotopic (exact) mass is 423 g/mol. The Morgan fingerprint density at radius 2 is 1.81 bits per heavy atom. The Morgan fingerprint density at radius 1 is 1.06 bits per heavy atom. The van der Waals surface area contributed by atoms with Crippen LogP contribution in [0.5, 0.6) is 5.75 Å². The second-order valence-corrected chi connectivity index (χ2v) is 7.08. The summed E-state index contributed by atoms with van der Waals surface area (Å²) in [6, 6.07) is 6.78. The number of hydrogen-bond donors (Lipinski definition) is 1. The summed E-state index contributed by atoms with van der Waals surface area (Å²) in [5, 5.41) is 2.69. The van der Waals surface area contributed by atoms with E-state index < -0.39 is 23.7 Å². The molecule has 1 N–H and O–H groups in total. The summed E-state index contributed by atoms with van der Waals surface area (Å²) in [5.74, 6) is 0.907. The van der Waals surface area contributed by atoms with Crippen molar-refractivity contribution in [1.82, 2.24) is 28.2 Å². The number of imidazole rings is 2. The van der Waals surface area contributed by atoms with Crippen LogP contribution >= 0.6 is 0 Å². The average Bonchev–Trinajstić information content (AvgIpc) is 3.34. The maximum Gasteiger partial charge on any atom is 0.332 e. The molecule has 0 saturated heterocycles. The number of anilines is 1. The van der Waals surface area contributed by atoms with Gasteiger partial charge in [-0.2, -0.15) is 0 Å². The smallest absolute Gasteiger partial charge is 0.332 e. The van der Waals surface area contributed by atoms with Gasteiger partial charge in [-0.15, -0.1) is 0 Å². The second-order valence-electron chi connectivity index (χ2n) is 7.08. The lowest BCUT2D eigenvalue weighted by Gasteiger charge is -2.10. The predicted octanol–water partition coefficient (Wildman–Crippen LogP) is 0.385. The van der Waals surface area contributed by atoms with Crippen LogP contribution in [0.1, 0.15) is 5.82 Å². The molecule has 0 unspecified atom stereocenters. The quantitative estimate of drug-likeness (QED) is 0.479. The average molecular weight is 423 g/mol. The number of ether oxygens (including phenoxy) is 1. The molecule has 0 bridgehead atoms. The van der Waals surface area contributed by atoms with E-state index >= 15 is 0 Å². The maximum absolute atomic E-state index is 12.7. The van der Waals surface area contributed by atoms with Crippen LogP contribution in [-0.4, -0.2) is 34.1 Å². The molecule has 1 amide bonds. The summed E-state index contributed by atoms with van der Waals surface area (Å²) in [6.07, 6.45) is 4.98. The summed E-state index contributed by atoms with van der Waals surface area (Å²) < 4.78 is 11.2. The van der Waals surface area contributed by atoms with Gasteiger partial charge in [-0.3, -0.25) is 14.2 Å². The van der Waals surface area contributed by atoms with Crippen molar-refractivity contribution in [3.05, 3.63) is 69.6 Å². The number of aryl methyl sites for hydroxylation is 3. The van der Waals surface area contributed by atoms with Crippen molar-refractivity contribution in [2.24, 2.45) is 21.1 Å². The third-order valence-corrected chi connectivity index (χ3v) is 4.93. The van der Waals surface area contributed by atoms with Crippen molar-refractivity contribution in [2.75, 3.05) is 5.32 Å². The Balaban J connectivity index is 1.46. The number of fused-ring (bicyclic) bond motifs is 1. The molecule has 3 aromatic heterocycles. The Hall–Kier alpha value is -4.15. The zero-order valence-corrected chi connectivity index (χ0v) is 17.3. The molecule has 0 aliphatic rings. The number of carbonyl (C=O) groups excluding carboxylic acids is 1. The fourth-order valence-electron chi connectivity index (χ4n) is 3.20. The number of aromatic nitrogens is 6. The van der Waals surface area contributed by atoms with E-state index in [1.807, 2.05) is 17.8 Å². The molecular weight excluding hydrogens is 402 g/mol. The van der Waals surface area contributed by atoms with Gasteiger partial charge >= 0.3 is 5.69 Å². The van der Waals surface area contributed by atoms with Crippen LogP contribution in [0.2, 0.25) is 0 Å². The summed E-state index contributed by atoms with van der Waals surface area (Å²) in [4.78, 5) is 45.9. The van der Waals surface area contributed by atoms with Crippen LogP contribution in [0.25, 0.3) is 11.2 Å². The fourth-order valence-corrected chi connectivity index (χ4v) is 3.20. The van der Waals surface area contributed by atoms with E-state index in [9.17, 15) is 14.4 Å². The van der Waals surface area contributed by atoms with Crippen molar-refractivity contribution in [1.29, 1.82) is 0 Å². The third-order valence-electron chi connectivity index (χ3n) is 4.93. The molecule has 0 aliphatic heterocycles. The Morgan fingerprint density at radius 3 is 2.48 bits per heavy atom. The van der Waals surface area contributed by atoms with Gasteiger partial charge in [0.2, 0.25) is 5.91 Å². The summed E-state index contributed by atoms with van der Waals surface area (Å²) >= 11 is 0. The van der Waals surface area contributed by atoms with Gasteiger partial charge in [0.05, 0.1) is 6.33 Å². The molecule has 0 spiro atoms. The van der Waals surface area contributed by atoms with Crippen LogP contribution in [0, 0.1) is 0 Å². The number of rotatable bonds is 6. The number of benzene rings is 1. The van der Waals surface area contributed by atoms with Crippen LogP contribution in [0.15, 0.2) is 52.6 Å². The van der Waals surface area contributed by atoms with Crippen LogP contribution in [0.3, 0.4) is 0 Å². The maximum atomic E-state index is 12.7. The lowest BCUT2D eigenvalue weighted by molar-refractivity contribution is -0.116. The molecule has 0 radical (unpaired) electrons. The minimum Gasteiger partial charge on any atom is -0.486 e. The summed E-state index contributed by atoms with van der Waals surface area (Å²) in [7, 11) is 5.05. The lowest BCUT2D eigenvalue weighted by atomic mass is 10.3. The van der Waals surface area contributed by atoms with Crippen molar-refractivity contribution in [3.8, 4) is 5.75 Å². The number of carbonyl (C=O) groups is 1. The number of nitrogens with one attached hydrogen (secondary N) is 1. The van der Waals surface area contributed by atoms with Gasteiger partial charge < -0.3 is 19.2 Å². The highest BCUT2D eigenvalue weighted by Crippen LogP contribution is 2.17. The minimum atomic E-state index is -0.607. The molecular formula is C20H21N7O4. The first-order valence-corrected chi connectivity index (χ1v) is 9.45. The van der Waals surface area contributed by atoms with E-state index in [1.165, 1.54) is 22.5 Å². The summed E-state index contributed by atoms with van der Waals surface area (Å²) in [5.41, 5.74) is -0.129. The molecule has 0 saturated carbocycles. The highest BCUT2D eigenvalue weighted by molar-refractivity contribution is 5.90. The zero-order valence-electron chi connectivity index (χ0n) is 17.3. The Bertz CT molecular complexity index is 1380. The molecule has 3 heterocycles. The molecule has 4 aromatic rings. The van der Waals surface area contributed by atoms with E-state index in [0.29, 0.717) is 18.0 Å². The fraction of sp³-hybridized carbons (Fsp3) is 0.250. The predicted molar refractivity (Wildman–Crippen MR) is 113 cm³/mol. The molecule has 0 aliphatic carbocycles. The van der Waals surface area contributed by atoms with E-state index in [1.54, 1.807) is 37.5 Å². The summed E-state index contributed by atoms with van der Waals surface area (Å²) in [6.45, 7) is -0.0953. The molecule has 1 aromatic carbocycles. The standard InChI is InChI=1S/C20H21N7O4/c1-24-9-8-21-15(24)11-31-14-6-4-13(5-7-14)23-16(28)10-27-19(29)17-18(22-12-25(17)2)26(3)20(27)30/h4-9,12H,10-11H2,1-3H3,(H,23,28). The van der Waals surface area contributed by atoms with Crippen molar-refractivity contribution >= 4 is 22.8 Å². The highest BCUT2D eigenvalue weighted by Gasteiger charge is 2.17. The topological polar surface area (TPSA) is 118 Å². The van der Waals surface area contributed by atoms with Gasteiger partial charge in [0.1, 0.15) is 24.7 Å². The molecule has 11 nitrogen and oxygen atoms in total. The highest BCUT2D eigenvalue weighted by atomic mass is 16.5. The molecule has 0 fully saturated rings. The Kier molecular flexibility index (Phi) is 5.15. The normalized spacial score (nSPS) is 11.1. The van der Waals surface area contributed by atoms with Crippen LogP contribution < -0.4 is 21.3 Å². The van der Waals surface area contributed by atoms with Crippen LogP contribution in [-0.2, 0) is 39.1 Å². The largest absolute Gasteiger partial charge is 0.486 e. The van der Waals surface area contributed by atoms with Gasteiger partial charge in [0.25, 0.3) is 5.56 Å². The number of nitrogens with zero attached hydrogens (tertiary/aromatic N) is 6. The van der Waals surface area contributed by atoms with Crippen molar-refractivity contribution < 1.29 is 9.53 Å². The van der Waals surface area contributed by atoms with Gasteiger partial charge in [-0.05, 0) is 24.3 Å².